The van der Waals surface area contributed by atoms with E-state index in [1.54, 1.807) is 12.1 Å². The summed E-state index contributed by atoms with van der Waals surface area (Å²) in [7, 11) is 0. The van der Waals surface area contributed by atoms with Crippen LogP contribution < -0.4 is 10.9 Å². The van der Waals surface area contributed by atoms with Gasteiger partial charge in [-0.3, -0.25) is 14.5 Å². The first kappa shape index (κ1) is 19.1. The maximum absolute atomic E-state index is 12.0. The van der Waals surface area contributed by atoms with E-state index in [-0.39, 0.29) is 17.8 Å². The molecule has 1 aromatic carbocycles. The van der Waals surface area contributed by atoms with E-state index in [9.17, 15) is 14.4 Å². The second-order valence-corrected chi connectivity index (χ2v) is 6.81. The lowest BCUT2D eigenvalue weighted by molar-refractivity contribution is -0.150. The number of likely N-dealkylation sites (tertiary alicyclic amines) is 1. The molecule has 3 rings (SSSR count). The molecule has 1 atom stereocenters. The molecule has 0 saturated carbocycles. The van der Waals surface area contributed by atoms with Gasteiger partial charge in [-0.2, -0.15) is 0 Å². The summed E-state index contributed by atoms with van der Waals surface area (Å²) in [6, 6.07) is 6.77. The number of ether oxygens (including phenoxy) is 1. The van der Waals surface area contributed by atoms with Crippen molar-refractivity contribution < 1.29 is 18.7 Å². The Bertz CT molecular complexity index is 905. The maximum Gasteiger partial charge on any atom is 0.336 e. The van der Waals surface area contributed by atoms with Crippen LogP contribution in [-0.4, -0.2) is 36.5 Å². The molecule has 144 valence electrons. The molecule has 1 aliphatic heterocycles. The molecule has 0 unspecified atom stereocenters. The van der Waals surface area contributed by atoms with Gasteiger partial charge in [-0.05, 0) is 44.0 Å². The van der Waals surface area contributed by atoms with E-state index in [2.05, 4.69) is 10.2 Å². The second kappa shape index (κ2) is 8.35. The molecule has 0 bridgehead atoms. The molecule has 7 nitrogen and oxygen atoms in total. The molecule has 7 heteroatoms. The van der Waals surface area contributed by atoms with Gasteiger partial charge in [0.1, 0.15) is 5.58 Å². The molecular weight excluding hydrogens is 348 g/mol. The molecular formula is C20H24N2O5. The van der Waals surface area contributed by atoms with Crippen LogP contribution in [0, 0.1) is 5.92 Å². The van der Waals surface area contributed by atoms with Crippen molar-refractivity contribution in [3.8, 4) is 0 Å². The molecule has 1 aromatic heterocycles. The number of hydrogen-bond acceptors (Lipinski definition) is 6. The Morgan fingerprint density at radius 1 is 1.33 bits per heavy atom. The largest absolute Gasteiger partial charge is 0.466 e. The number of amides is 1. The third kappa shape index (κ3) is 4.74. The molecule has 1 fully saturated rings. The first-order valence-corrected chi connectivity index (χ1v) is 9.19. The lowest BCUT2D eigenvalue weighted by Gasteiger charge is -2.31. The highest BCUT2D eigenvalue weighted by Gasteiger charge is 2.27. The quantitative estimate of drug-likeness (QED) is 0.641. The first-order valence-electron chi connectivity index (χ1n) is 9.19. The van der Waals surface area contributed by atoms with Crippen molar-refractivity contribution in [3.63, 3.8) is 0 Å². The maximum atomic E-state index is 12.0. The van der Waals surface area contributed by atoms with Gasteiger partial charge in [0.05, 0.1) is 12.5 Å². The second-order valence-electron chi connectivity index (χ2n) is 6.81. The summed E-state index contributed by atoms with van der Waals surface area (Å²) in [5.41, 5.74) is 1.43. The van der Waals surface area contributed by atoms with Crippen molar-refractivity contribution in [3.05, 3.63) is 40.2 Å². The standard InChI is InChI=1S/C20H24N2O5/c1-3-26-20(25)14-5-4-8-22(11-14)12-15-9-19(24)27-18-10-16(21-13(2)23)6-7-17(15)18/h6-7,9-10,14H,3-5,8,11-12H2,1-2H3,(H,21,23)/t14-/m1/s1. The van der Waals surface area contributed by atoms with Crippen molar-refractivity contribution in [2.45, 2.75) is 33.2 Å². The zero-order valence-corrected chi connectivity index (χ0v) is 15.6. The molecule has 2 heterocycles. The number of fused-ring (bicyclic) bond motifs is 1. The Labute approximate surface area is 157 Å². The van der Waals surface area contributed by atoms with E-state index >= 15 is 0 Å². The van der Waals surface area contributed by atoms with Crippen LogP contribution in [0.4, 0.5) is 5.69 Å². The topological polar surface area (TPSA) is 88.8 Å². The zero-order chi connectivity index (χ0) is 19.4. The summed E-state index contributed by atoms with van der Waals surface area (Å²) in [4.78, 5) is 37.4. The number of hydrogen-bond donors (Lipinski definition) is 1. The van der Waals surface area contributed by atoms with Crippen molar-refractivity contribution in [2.75, 3.05) is 25.0 Å². The summed E-state index contributed by atoms with van der Waals surface area (Å²) in [5, 5.41) is 3.51. The highest BCUT2D eigenvalue weighted by Crippen LogP contribution is 2.25. The SMILES string of the molecule is CCOC(=O)[C@@H]1CCCN(Cc2cc(=O)oc3cc(NC(C)=O)ccc23)C1. The number of benzene rings is 1. The van der Waals surface area contributed by atoms with Crippen LogP contribution in [0.25, 0.3) is 11.0 Å². The number of piperidine rings is 1. The van der Waals surface area contributed by atoms with Gasteiger partial charge in [0, 0.05) is 43.2 Å². The van der Waals surface area contributed by atoms with E-state index in [0.29, 0.717) is 31.0 Å². The van der Waals surface area contributed by atoms with Gasteiger partial charge < -0.3 is 14.5 Å². The van der Waals surface area contributed by atoms with Crippen LogP contribution in [0.3, 0.4) is 0 Å². The molecule has 1 N–H and O–H groups in total. The third-order valence-corrected chi connectivity index (χ3v) is 4.67. The molecule has 0 spiro atoms. The van der Waals surface area contributed by atoms with E-state index in [1.807, 2.05) is 13.0 Å². The summed E-state index contributed by atoms with van der Waals surface area (Å²) >= 11 is 0. The van der Waals surface area contributed by atoms with Gasteiger partial charge >= 0.3 is 11.6 Å². The molecule has 1 saturated heterocycles. The predicted octanol–water partition coefficient (Wildman–Crippen LogP) is 2.53. The third-order valence-electron chi connectivity index (χ3n) is 4.67. The number of carbonyl (C=O) groups is 2. The van der Waals surface area contributed by atoms with Crippen molar-refractivity contribution in [1.29, 1.82) is 0 Å². The smallest absolute Gasteiger partial charge is 0.336 e. The van der Waals surface area contributed by atoms with Crippen molar-refractivity contribution in [1.82, 2.24) is 4.90 Å². The highest BCUT2D eigenvalue weighted by molar-refractivity contribution is 5.92. The van der Waals surface area contributed by atoms with Crippen LogP contribution in [0.15, 0.2) is 33.5 Å². The van der Waals surface area contributed by atoms with E-state index in [0.717, 1.165) is 30.3 Å². The van der Waals surface area contributed by atoms with Gasteiger partial charge in [-0.1, -0.05) is 0 Å². The number of anilines is 1. The lowest BCUT2D eigenvalue weighted by atomic mass is 9.97. The lowest BCUT2D eigenvalue weighted by Crippen LogP contribution is -2.39. The Morgan fingerprint density at radius 2 is 2.15 bits per heavy atom. The van der Waals surface area contributed by atoms with Gasteiger partial charge in [0.15, 0.2) is 0 Å². The van der Waals surface area contributed by atoms with Gasteiger partial charge in [0.2, 0.25) is 5.91 Å². The van der Waals surface area contributed by atoms with E-state index in [1.165, 1.54) is 13.0 Å². The normalized spacial score (nSPS) is 17.6. The van der Waals surface area contributed by atoms with Crippen LogP contribution in [0.2, 0.25) is 0 Å². The first-order chi connectivity index (χ1) is 13.0. The zero-order valence-electron chi connectivity index (χ0n) is 15.6. The Morgan fingerprint density at radius 3 is 2.89 bits per heavy atom. The molecule has 0 radical (unpaired) electrons. The van der Waals surface area contributed by atoms with Crippen LogP contribution in [0.1, 0.15) is 32.3 Å². The molecule has 0 aliphatic carbocycles. The minimum absolute atomic E-state index is 0.128. The molecule has 1 amide bonds. The molecule has 27 heavy (non-hydrogen) atoms. The number of rotatable bonds is 5. The van der Waals surface area contributed by atoms with Crippen LogP contribution in [-0.2, 0) is 20.9 Å². The number of esters is 1. The van der Waals surface area contributed by atoms with Gasteiger partial charge in [0.25, 0.3) is 0 Å². The molecule has 2 aromatic rings. The Balaban J connectivity index is 1.82. The van der Waals surface area contributed by atoms with Gasteiger partial charge in [-0.15, -0.1) is 0 Å². The Kier molecular flexibility index (Phi) is 5.91. The summed E-state index contributed by atoms with van der Waals surface area (Å²) in [6.45, 7) is 5.65. The highest BCUT2D eigenvalue weighted by atomic mass is 16.5. The van der Waals surface area contributed by atoms with E-state index in [4.69, 9.17) is 9.15 Å². The minimum Gasteiger partial charge on any atom is -0.466 e. The Hall–Kier alpha value is -2.67. The van der Waals surface area contributed by atoms with Crippen molar-refractivity contribution in [2.24, 2.45) is 5.92 Å². The molecule has 1 aliphatic rings. The summed E-state index contributed by atoms with van der Waals surface area (Å²) in [6.07, 6.45) is 1.74. The van der Waals surface area contributed by atoms with Gasteiger partial charge in [-0.25, -0.2) is 4.79 Å². The van der Waals surface area contributed by atoms with Crippen molar-refractivity contribution >= 4 is 28.5 Å². The summed E-state index contributed by atoms with van der Waals surface area (Å²) in [5.74, 6) is -0.470. The number of nitrogens with zero attached hydrogens (tertiary/aromatic N) is 1. The number of carbonyl (C=O) groups excluding carboxylic acids is 2. The fourth-order valence-corrected chi connectivity index (χ4v) is 3.53. The average molecular weight is 372 g/mol. The minimum atomic E-state index is -0.434. The average Bonchev–Trinajstić information content (AvgIpc) is 2.61. The fourth-order valence-electron chi connectivity index (χ4n) is 3.53. The fraction of sp³-hybridized carbons (Fsp3) is 0.450. The van der Waals surface area contributed by atoms with Crippen LogP contribution >= 0.6 is 0 Å². The van der Waals surface area contributed by atoms with Crippen LogP contribution in [0.5, 0.6) is 0 Å². The number of nitrogens with one attached hydrogen (secondary N) is 1. The van der Waals surface area contributed by atoms with E-state index < -0.39 is 5.63 Å². The monoisotopic (exact) mass is 372 g/mol. The summed E-state index contributed by atoms with van der Waals surface area (Å²) < 4.78 is 10.5. The predicted molar refractivity (Wildman–Crippen MR) is 101 cm³/mol.